The smallest absolute Gasteiger partial charge is 0.284 e. The van der Waals surface area contributed by atoms with Crippen LogP contribution in [0.5, 0.6) is 0 Å². The molecule has 6 heteroatoms. The predicted molar refractivity (Wildman–Crippen MR) is 100 cm³/mol. The molecule has 1 atom stereocenters. The van der Waals surface area contributed by atoms with Crippen LogP contribution in [0.2, 0.25) is 0 Å². The summed E-state index contributed by atoms with van der Waals surface area (Å²) in [5, 5.41) is 4.67. The van der Waals surface area contributed by atoms with Crippen molar-refractivity contribution in [1.29, 1.82) is 0 Å². The van der Waals surface area contributed by atoms with Gasteiger partial charge in [0, 0.05) is 24.6 Å². The van der Waals surface area contributed by atoms with Gasteiger partial charge in [-0.1, -0.05) is 18.2 Å². The molecule has 1 aromatic carbocycles. The van der Waals surface area contributed by atoms with Crippen LogP contribution in [0.1, 0.15) is 25.0 Å². The van der Waals surface area contributed by atoms with Gasteiger partial charge in [-0.25, -0.2) is 5.43 Å². The fraction of sp³-hybridized carbons (Fsp3) is 0.250. The second kappa shape index (κ2) is 7.09. The number of anilines is 1. The summed E-state index contributed by atoms with van der Waals surface area (Å²) in [6.07, 6.45) is 4.94. The molecule has 1 aliphatic heterocycles. The van der Waals surface area contributed by atoms with Crippen molar-refractivity contribution in [2.75, 3.05) is 11.9 Å². The molecule has 0 aliphatic carbocycles. The topological polar surface area (TPSA) is 74.3 Å². The van der Waals surface area contributed by atoms with Crippen molar-refractivity contribution in [1.82, 2.24) is 15.4 Å². The standard InChI is InChI=1S/C20H22N4O2/c1-4-24-19(26)18(22-17-8-6-5-7-14(17)2)13-20(23-24,15(3)25)16-9-11-21-12-10-16/h5-13,22-23H,4H2,1-3H3. The summed E-state index contributed by atoms with van der Waals surface area (Å²) in [6, 6.07) is 11.3. The maximum atomic E-state index is 12.8. The van der Waals surface area contributed by atoms with Crippen molar-refractivity contribution in [2.24, 2.45) is 0 Å². The maximum Gasteiger partial charge on any atom is 0.284 e. The van der Waals surface area contributed by atoms with Crippen molar-refractivity contribution in [3.8, 4) is 0 Å². The second-order valence-corrected chi connectivity index (χ2v) is 6.26. The largest absolute Gasteiger partial charge is 0.351 e. The normalized spacial score (nSPS) is 19.9. The molecule has 1 amide bonds. The van der Waals surface area contributed by atoms with Crippen LogP contribution in [0.15, 0.2) is 60.6 Å². The third-order valence-electron chi connectivity index (χ3n) is 4.57. The highest BCUT2D eigenvalue weighted by Crippen LogP contribution is 2.30. The van der Waals surface area contributed by atoms with E-state index in [1.807, 2.05) is 38.1 Å². The van der Waals surface area contributed by atoms with Gasteiger partial charge in [0.25, 0.3) is 5.91 Å². The van der Waals surface area contributed by atoms with Crippen LogP contribution >= 0.6 is 0 Å². The Morgan fingerprint density at radius 3 is 2.54 bits per heavy atom. The average Bonchev–Trinajstić information content (AvgIpc) is 2.65. The Hall–Kier alpha value is -2.99. The van der Waals surface area contributed by atoms with Gasteiger partial charge in [-0.05, 0) is 56.2 Å². The van der Waals surface area contributed by atoms with E-state index in [1.165, 1.54) is 11.9 Å². The SMILES string of the molecule is CCN1NC(C(C)=O)(c2ccncc2)C=C(Nc2ccccc2C)C1=O. The second-order valence-electron chi connectivity index (χ2n) is 6.26. The number of rotatable bonds is 5. The number of carbonyl (C=O) groups is 2. The van der Waals surface area contributed by atoms with Crippen molar-refractivity contribution >= 4 is 17.4 Å². The van der Waals surface area contributed by atoms with Gasteiger partial charge in [-0.15, -0.1) is 0 Å². The lowest BCUT2D eigenvalue weighted by molar-refractivity contribution is -0.136. The van der Waals surface area contributed by atoms with Crippen LogP contribution in [-0.4, -0.2) is 28.2 Å². The fourth-order valence-electron chi connectivity index (χ4n) is 3.04. The maximum absolute atomic E-state index is 12.8. The number of ketones is 1. The first-order valence-electron chi connectivity index (χ1n) is 8.54. The minimum atomic E-state index is -1.13. The van der Waals surface area contributed by atoms with E-state index in [2.05, 4.69) is 15.7 Å². The summed E-state index contributed by atoms with van der Waals surface area (Å²) in [6.45, 7) is 5.76. The number of aryl methyl sites for hydroxylation is 1. The molecule has 0 spiro atoms. The number of aromatic nitrogens is 1. The predicted octanol–water partition coefficient (Wildman–Crippen LogP) is 2.54. The molecule has 2 aromatic rings. The fourth-order valence-corrected chi connectivity index (χ4v) is 3.04. The van der Waals surface area contributed by atoms with E-state index in [0.717, 1.165) is 16.8 Å². The number of benzene rings is 1. The molecule has 0 bridgehead atoms. The van der Waals surface area contributed by atoms with Crippen LogP contribution in [0.3, 0.4) is 0 Å². The first kappa shape index (κ1) is 17.8. The Morgan fingerprint density at radius 1 is 1.23 bits per heavy atom. The lowest BCUT2D eigenvalue weighted by Gasteiger charge is -2.40. The van der Waals surface area contributed by atoms with Crippen molar-refractivity contribution < 1.29 is 9.59 Å². The Morgan fingerprint density at radius 2 is 1.92 bits per heavy atom. The number of hydrazine groups is 1. The van der Waals surface area contributed by atoms with Crippen molar-refractivity contribution in [2.45, 2.75) is 26.3 Å². The molecule has 26 heavy (non-hydrogen) atoms. The summed E-state index contributed by atoms with van der Waals surface area (Å²) in [5.74, 6) is -0.319. The minimum absolute atomic E-state index is 0.112. The molecule has 0 saturated heterocycles. The van der Waals surface area contributed by atoms with E-state index in [-0.39, 0.29) is 11.7 Å². The third kappa shape index (κ3) is 3.11. The molecule has 0 fully saturated rings. The van der Waals surface area contributed by atoms with Crippen LogP contribution in [0.25, 0.3) is 0 Å². The summed E-state index contributed by atoms with van der Waals surface area (Å²) in [5.41, 5.74) is 4.92. The molecule has 0 saturated carbocycles. The molecule has 134 valence electrons. The van der Waals surface area contributed by atoms with Crippen LogP contribution in [-0.2, 0) is 15.1 Å². The molecule has 6 nitrogen and oxygen atoms in total. The number of pyridine rings is 1. The zero-order valence-electron chi connectivity index (χ0n) is 15.1. The first-order chi connectivity index (χ1) is 12.5. The average molecular weight is 350 g/mol. The zero-order chi connectivity index (χ0) is 18.7. The lowest BCUT2D eigenvalue weighted by Crippen LogP contribution is -2.61. The number of hydrogen-bond donors (Lipinski definition) is 2. The van der Waals surface area contributed by atoms with Crippen LogP contribution in [0, 0.1) is 6.92 Å². The van der Waals surface area contributed by atoms with Gasteiger partial charge in [0.1, 0.15) is 11.2 Å². The molecule has 1 aromatic heterocycles. The molecule has 1 unspecified atom stereocenters. The van der Waals surface area contributed by atoms with Crippen molar-refractivity contribution in [3.63, 3.8) is 0 Å². The first-order valence-corrected chi connectivity index (χ1v) is 8.54. The number of carbonyl (C=O) groups excluding carboxylic acids is 2. The van der Waals surface area contributed by atoms with Gasteiger partial charge in [0.2, 0.25) is 0 Å². The van der Waals surface area contributed by atoms with Gasteiger partial charge in [-0.2, -0.15) is 0 Å². The number of para-hydroxylation sites is 1. The summed E-state index contributed by atoms with van der Waals surface area (Å²) in [4.78, 5) is 29.5. The summed E-state index contributed by atoms with van der Waals surface area (Å²) < 4.78 is 0. The van der Waals surface area contributed by atoms with Gasteiger partial charge >= 0.3 is 0 Å². The monoisotopic (exact) mass is 350 g/mol. The quantitative estimate of drug-likeness (QED) is 0.867. The number of Topliss-reactive ketones (excluding diaryl/α,β-unsaturated/α-hetero) is 1. The zero-order valence-corrected chi connectivity index (χ0v) is 15.1. The van der Waals surface area contributed by atoms with Gasteiger partial charge in [0.15, 0.2) is 5.78 Å². The molecule has 3 rings (SSSR count). The number of likely N-dealkylation sites (N-methyl/N-ethyl adjacent to an activating group) is 1. The molecule has 0 radical (unpaired) electrons. The van der Waals surface area contributed by atoms with Gasteiger partial charge in [0.05, 0.1) is 0 Å². The van der Waals surface area contributed by atoms with E-state index in [1.54, 1.807) is 30.6 Å². The molecule has 1 aliphatic rings. The lowest BCUT2D eigenvalue weighted by atomic mass is 9.85. The van der Waals surface area contributed by atoms with Crippen LogP contribution < -0.4 is 10.7 Å². The Kier molecular flexibility index (Phi) is 4.86. The Balaban J connectivity index is 2.12. The van der Waals surface area contributed by atoms with Gasteiger partial charge in [-0.3, -0.25) is 19.6 Å². The van der Waals surface area contributed by atoms with E-state index in [9.17, 15) is 9.59 Å². The third-order valence-corrected chi connectivity index (χ3v) is 4.57. The molecular weight excluding hydrogens is 328 g/mol. The van der Waals surface area contributed by atoms with Crippen LogP contribution in [0.4, 0.5) is 5.69 Å². The van der Waals surface area contributed by atoms with Crippen molar-refractivity contribution in [3.05, 3.63) is 71.7 Å². The van der Waals surface area contributed by atoms with Gasteiger partial charge < -0.3 is 5.32 Å². The minimum Gasteiger partial charge on any atom is -0.351 e. The van der Waals surface area contributed by atoms with E-state index < -0.39 is 5.54 Å². The Labute approximate surface area is 152 Å². The highest BCUT2D eigenvalue weighted by molar-refractivity contribution is 6.01. The highest BCUT2D eigenvalue weighted by atomic mass is 16.2. The van der Waals surface area contributed by atoms with E-state index in [4.69, 9.17) is 0 Å². The van der Waals surface area contributed by atoms with E-state index >= 15 is 0 Å². The number of nitrogens with one attached hydrogen (secondary N) is 2. The Bertz CT molecular complexity index is 863. The summed E-state index contributed by atoms with van der Waals surface area (Å²) in [7, 11) is 0. The summed E-state index contributed by atoms with van der Waals surface area (Å²) >= 11 is 0. The molecule has 2 N–H and O–H groups in total. The number of amides is 1. The highest BCUT2D eigenvalue weighted by Gasteiger charge is 2.43. The molecule has 2 heterocycles. The molecular formula is C20H22N4O2. The van der Waals surface area contributed by atoms with E-state index in [0.29, 0.717) is 12.2 Å². The number of hydrogen-bond acceptors (Lipinski definition) is 5. The number of nitrogens with zero attached hydrogens (tertiary/aromatic N) is 2.